The van der Waals surface area contributed by atoms with E-state index in [0.717, 1.165) is 11.3 Å². The number of anilines is 1. The molecule has 0 aliphatic rings. The molecule has 108 valence electrons. The van der Waals surface area contributed by atoms with Crippen molar-refractivity contribution < 1.29 is 14.2 Å². The van der Waals surface area contributed by atoms with E-state index in [0.29, 0.717) is 29.7 Å². The fraction of sp³-hybridized carbons (Fsp3) is 0.357. The molecular weight excluding hydrogens is 258 g/mol. The minimum absolute atomic E-state index is 0.461. The van der Waals surface area contributed by atoms with Gasteiger partial charge in [-0.3, -0.25) is 0 Å². The highest BCUT2D eigenvalue weighted by molar-refractivity contribution is 5.51. The molecule has 0 fully saturated rings. The first kappa shape index (κ1) is 14.0. The van der Waals surface area contributed by atoms with Crippen molar-refractivity contribution in [2.24, 2.45) is 0 Å². The molecule has 6 nitrogen and oxygen atoms in total. The molecule has 2 N–H and O–H groups in total. The SMILES string of the molecule is COc1cc(OC)c(Cn2c(C)cnc2N)c(OC)c1. The van der Waals surface area contributed by atoms with Gasteiger partial charge in [-0.2, -0.15) is 0 Å². The molecule has 20 heavy (non-hydrogen) atoms. The van der Waals surface area contributed by atoms with E-state index in [4.69, 9.17) is 19.9 Å². The normalized spacial score (nSPS) is 10.4. The number of hydrogen-bond acceptors (Lipinski definition) is 5. The van der Waals surface area contributed by atoms with Gasteiger partial charge in [-0.1, -0.05) is 0 Å². The number of benzene rings is 1. The molecule has 1 aromatic heterocycles. The number of nitrogen functional groups attached to an aromatic ring is 1. The van der Waals surface area contributed by atoms with Crippen LogP contribution >= 0.6 is 0 Å². The predicted molar refractivity (Wildman–Crippen MR) is 76.6 cm³/mol. The lowest BCUT2D eigenvalue weighted by Gasteiger charge is -2.16. The average molecular weight is 277 g/mol. The fourth-order valence-corrected chi connectivity index (χ4v) is 2.08. The van der Waals surface area contributed by atoms with Gasteiger partial charge in [-0.05, 0) is 6.92 Å². The fourth-order valence-electron chi connectivity index (χ4n) is 2.08. The van der Waals surface area contributed by atoms with E-state index in [1.807, 2.05) is 23.6 Å². The molecule has 2 rings (SSSR count). The lowest BCUT2D eigenvalue weighted by molar-refractivity contribution is 0.367. The summed E-state index contributed by atoms with van der Waals surface area (Å²) in [4.78, 5) is 4.09. The van der Waals surface area contributed by atoms with Crippen molar-refractivity contribution in [1.29, 1.82) is 0 Å². The molecular formula is C14H19N3O3. The van der Waals surface area contributed by atoms with Crippen LogP contribution < -0.4 is 19.9 Å². The Hall–Kier alpha value is -2.37. The zero-order chi connectivity index (χ0) is 14.7. The van der Waals surface area contributed by atoms with Crippen LogP contribution in [-0.2, 0) is 6.54 Å². The maximum atomic E-state index is 5.87. The molecule has 0 unspecified atom stereocenters. The van der Waals surface area contributed by atoms with Crippen molar-refractivity contribution >= 4 is 5.95 Å². The summed E-state index contributed by atoms with van der Waals surface area (Å²) in [5.74, 6) is 2.52. The van der Waals surface area contributed by atoms with Crippen molar-refractivity contribution in [2.45, 2.75) is 13.5 Å². The van der Waals surface area contributed by atoms with Crippen molar-refractivity contribution in [1.82, 2.24) is 9.55 Å². The minimum atomic E-state index is 0.461. The minimum Gasteiger partial charge on any atom is -0.496 e. The summed E-state index contributed by atoms with van der Waals surface area (Å²) in [7, 11) is 4.83. The van der Waals surface area contributed by atoms with Crippen LogP contribution in [0.1, 0.15) is 11.3 Å². The second-order valence-electron chi connectivity index (χ2n) is 4.35. The van der Waals surface area contributed by atoms with Crippen molar-refractivity contribution in [3.8, 4) is 17.2 Å². The van der Waals surface area contributed by atoms with Crippen LogP contribution in [0.2, 0.25) is 0 Å². The zero-order valence-corrected chi connectivity index (χ0v) is 12.1. The summed E-state index contributed by atoms with van der Waals surface area (Å²) < 4.78 is 18.0. The van der Waals surface area contributed by atoms with E-state index in [2.05, 4.69) is 4.98 Å². The highest BCUT2D eigenvalue weighted by atomic mass is 16.5. The number of rotatable bonds is 5. The largest absolute Gasteiger partial charge is 0.496 e. The summed E-state index contributed by atoms with van der Waals surface area (Å²) in [5, 5.41) is 0. The van der Waals surface area contributed by atoms with E-state index in [-0.39, 0.29) is 0 Å². The molecule has 0 aliphatic heterocycles. The van der Waals surface area contributed by atoms with Gasteiger partial charge >= 0.3 is 0 Å². The molecule has 0 spiro atoms. The third kappa shape index (κ3) is 2.49. The number of nitrogens with two attached hydrogens (primary N) is 1. The van der Waals surface area contributed by atoms with E-state index in [9.17, 15) is 0 Å². The van der Waals surface area contributed by atoms with Gasteiger partial charge in [-0.25, -0.2) is 4.98 Å². The number of aromatic nitrogens is 2. The molecule has 0 aliphatic carbocycles. The third-order valence-corrected chi connectivity index (χ3v) is 3.22. The molecule has 1 aromatic carbocycles. The Morgan fingerprint density at radius 2 is 1.70 bits per heavy atom. The number of aryl methyl sites for hydroxylation is 1. The molecule has 0 saturated heterocycles. The van der Waals surface area contributed by atoms with E-state index >= 15 is 0 Å². The van der Waals surface area contributed by atoms with Crippen LogP contribution in [0.5, 0.6) is 17.2 Å². The second kappa shape index (κ2) is 5.73. The summed E-state index contributed by atoms with van der Waals surface area (Å²) in [6, 6.07) is 3.64. The van der Waals surface area contributed by atoms with Crippen LogP contribution in [0, 0.1) is 6.92 Å². The number of ether oxygens (including phenoxy) is 3. The molecule has 0 radical (unpaired) electrons. The Bertz CT molecular complexity index is 563. The number of nitrogens with zero attached hydrogens (tertiary/aromatic N) is 2. The number of methoxy groups -OCH3 is 3. The highest BCUT2D eigenvalue weighted by Gasteiger charge is 2.15. The molecule has 0 atom stereocenters. The first-order chi connectivity index (χ1) is 9.60. The predicted octanol–water partition coefficient (Wildman–Crippen LogP) is 1.85. The van der Waals surface area contributed by atoms with Gasteiger partial charge in [0.25, 0.3) is 0 Å². The molecule has 0 amide bonds. The van der Waals surface area contributed by atoms with E-state index in [1.54, 1.807) is 27.5 Å². The summed E-state index contributed by atoms with van der Waals surface area (Å²) in [6.07, 6.45) is 1.73. The van der Waals surface area contributed by atoms with Gasteiger partial charge in [0.2, 0.25) is 5.95 Å². The van der Waals surface area contributed by atoms with Gasteiger partial charge in [-0.15, -0.1) is 0 Å². The first-order valence-electron chi connectivity index (χ1n) is 6.17. The Morgan fingerprint density at radius 3 is 2.10 bits per heavy atom. The third-order valence-electron chi connectivity index (χ3n) is 3.22. The number of imidazole rings is 1. The van der Waals surface area contributed by atoms with Crippen molar-refractivity contribution in [3.63, 3.8) is 0 Å². The Morgan fingerprint density at radius 1 is 1.10 bits per heavy atom. The first-order valence-corrected chi connectivity index (χ1v) is 6.17. The van der Waals surface area contributed by atoms with Crippen LogP contribution in [0.4, 0.5) is 5.95 Å². The second-order valence-corrected chi connectivity index (χ2v) is 4.35. The van der Waals surface area contributed by atoms with E-state index < -0.39 is 0 Å². The van der Waals surface area contributed by atoms with Gasteiger partial charge < -0.3 is 24.5 Å². The molecule has 0 saturated carbocycles. The molecule has 1 heterocycles. The lowest BCUT2D eigenvalue weighted by Crippen LogP contribution is -2.09. The van der Waals surface area contributed by atoms with Gasteiger partial charge in [0.15, 0.2) is 0 Å². The van der Waals surface area contributed by atoms with Crippen molar-refractivity contribution in [2.75, 3.05) is 27.1 Å². The Labute approximate surface area is 118 Å². The maximum Gasteiger partial charge on any atom is 0.200 e. The topological polar surface area (TPSA) is 71.5 Å². The Kier molecular flexibility index (Phi) is 4.02. The van der Waals surface area contributed by atoms with Crippen molar-refractivity contribution in [3.05, 3.63) is 29.6 Å². The van der Waals surface area contributed by atoms with E-state index in [1.165, 1.54) is 0 Å². The van der Waals surface area contributed by atoms with Crippen LogP contribution in [0.15, 0.2) is 18.3 Å². The summed E-state index contributed by atoms with van der Waals surface area (Å²) >= 11 is 0. The smallest absolute Gasteiger partial charge is 0.200 e. The summed E-state index contributed by atoms with van der Waals surface area (Å²) in [5.41, 5.74) is 7.74. The molecule has 6 heteroatoms. The van der Waals surface area contributed by atoms with Gasteiger partial charge in [0.1, 0.15) is 17.2 Å². The summed E-state index contributed by atoms with van der Waals surface area (Å²) in [6.45, 7) is 2.47. The lowest BCUT2D eigenvalue weighted by atomic mass is 10.1. The standard InChI is InChI=1S/C14H19N3O3/c1-9-7-16-14(15)17(9)8-11-12(19-3)5-10(18-2)6-13(11)20-4/h5-7H,8H2,1-4H3,(H2,15,16). The van der Waals surface area contributed by atoms with Crippen LogP contribution in [0.25, 0.3) is 0 Å². The maximum absolute atomic E-state index is 5.87. The molecule has 0 bridgehead atoms. The number of hydrogen-bond donors (Lipinski definition) is 1. The van der Waals surface area contributed by atoms with Gasteiger partial charge in [0.05, 0.1) is 39.6 Å². The van der Waals surface area contributed by atoms with Gasteiger partial charge in [0, 0.05) is 17.8 Å². The molecule has 2 aromatic rings. The quantitative estimate of drug-likeness (QED) is 0.903. The van der Waals surface area contributed by atoms with Crippen LogP contribution in [0.3, 0.4) is 0 Å². The Balaban J connectivity index is 2.49. The van der Waals surface area contributed by atoms with Crippen LogP contribution in [-0.4, -0.2) is 30.9 Å². The highest BCUT2D eigenvalue weighted by Crippen LogP contribution is 2.35. The monoisotopic (exact) mass is 277 g/mol. The zero-order valence-electron chi connectivity index (χ0n) is 12.1. The average Bonchev–Trinajstić information content (AvgIpc) is 2.78.